The first-order valence-corrected chi connectivity index (χ1v) is 3.80. The molecule has 7 heteroatoms. The van der Waals surface area contributed by atoms with Crippen molar-refractivity contribution in [3.8, 4) is 0 Å². The van der Waals surface area contributed by atoms with E-state index in [1.54, 1.807) is 0 Å². The molecule has 1 N–H and O–H groups in total. The zero-order valence-corrected chi connectivity index (χ0v) is 10.0. The summed E-state index contributed by atoms with van der Waals surface area (Å²) in [4.78, 5) is 10.4. The quantitative estimate of drug-likeness (QED) is 0.434. The second kappa shape index (κ2) is 4.12. The van der Waals surface area contributed by atoms with Crippen molar-refractivity contribution in [2.24, 2.45) is 4.36 Å². The van der Waals surface area contributed by atoms with Gasteiger partial charge in [0.05, 0.1) is 0 Å². The van der Waals surface area contributed by atoms with Gasteiger partial charge in [0.2, 0.25) is 0 Å². The van der Waals surface area contributed by atoms with Crippen LogP contribution >= 0.6 is 0 Å². The smallest absolute Gasteiger partial charge is 0.381 e. The summed E-state index contributed by atoms with van der Waals surface area (Å²) in [6.07, 6.45) is 1.04. The molecule has 1 rings (SSSR count). The molecule has 0 aliphatic carbocycles. The average Bonchev–Trinajstić information content (AvgIpc) is 1.54. The van der Waals surface area contributed by atoms with E-state index >= 15 is 0 Å². The van der Waals surface area contributed by atoms with Crippen molar-refractivity contribution in [1.29, 1.82) is 0 Å². The maximum absolute atomic E-state index is 10.5. The Morgan fingerprint density at radius 1 is 1.73 bits per heavy atom. The number of allylic oxidation sites excluding steroid dienone is 1. The number of hydrogen-bond donors (Lipinski definition) is 1. The monoisotopic (exact) mass is 202 g/mol. The molecule has 0 bridgehead atoms. The van der Waals surface area contributed by atoms with Crippen LogP contribution in [0.25, 0.3) is 0 Å². The minimum Gasteiger partial charge on any atom is -0.381 e. The van der Waals surface area contributed by atoms with Gasteiger partial charge in [-0.2, -0.15) is 4.21 Å². The third kappa shape index (κ3) is 3.79. The molecule has 11 heavy (non-hydrogen) atoms. The van der Waals surface area contributed by atoms with Gasteiger partial charge in [-0.15, -0.1) is 0 Å². The van der Waals surface area contributed by atoms with Crippen LogP contribution in [-0.4, -0.2) is 14.7 Å². The van der Waals surface area contributed by atoms with Crippen molar-refractivity contribution in [3.05, 3.63) is 11.8 Å². The zero-order chi connectivity index (χ0) is 7.78. The third-order valence-corrected chi connectivity index (χ3v) is 1.66. The van der Waals surface area contributed by atoms with E-state index in [0.29, 0.717) is 0 Å². The summed E-state index contributed by atoms with van der Waals surface area (Å²) in [6, 6.07) is 0. The Balaban J connectivity index is 0.000001000. The van der Waals surface area contributed by atoms with Crippen LogP contribution in [-0.2, 0) is 19.3 Å². The van der Waals surface area contributed by atoms with Crippen molar-refractivity contribution < 1.29 is 69.1 Å². The summed E-state index contributed by atoms with van der Waals surface area (Å²) in [5, 5.41) is 0. The summed E-state index contributed by atoms with van der Waals surface area (Å²) in [6.45, 7) is 1.41. The number of carbonyl (C=O) groups is 1. The fraction of sp³-hybridized carbons (Fsp3) is 0.250. The van der Waals surface area contributed by atoms with E-state index in [0.717, 1.165) is 6.08 Å². The third-order valence-electron chi connectivity index (χ3n) is 0.772. The molecular formula is C4H5KNO4S+. The van der Waals surface area contributed by atoms with Gasteiger partial charge in [-0.1, -0.05) is 4.36 Å². The van der Waals surface area contributed by atoms with E-state index in [2.05, 4.69) is 8.55 Å². The molecule has 0 aromatic carbocycles. The number of hydrogen-bond acceptors (Lipinski definition) is 3. The largest absolute Gasteiger partial charge is 1.00 e. The van der Waals surface area contributed by atoms with Crippen LogP contribution in [0.3, 0.4) is 0 Å². The number of rotatable bonds is 0. The van der Waals surface area contributed by atoms with Crippen LogP contribution in [0.5, 0.6) is 0 Å². The summed E-state index contributed by atoms with van der Waals surface area (Å²) in [5.41, 5.74) is 0. The first-order chi connectivity index (χ1) is 4.49. The van der Waals surface area contributed by atoms with E-state index in [1.807, 2.05) is 0 Å². The molecule has 1 heterocycles. The van der Waals surface area contributed by atoms with Crippen LogP contribution in [0, 0.1) is 0 Å². The molecule has 5 nitrogen and oxygen atoms in total. The molecule has 0 aromatic heterocycles. The molecule has 1 aliphatic heterocycles. The van der Waals surface area contributed by atoms with E-state index in [-0.39, 0.29) is 57.1 Å². The minimum atomic E-state index is -3.72. The Morgan fingerprint density at radius 2 is 2.27 bits per heavy atom. The van der Waals surface area contributed by atoms with Crippen molar-refractivity contribution in [3.63, 3.8) is 0 Å². The summed E-state index contributed by atoms with van der Waals surface area (Å²) in [5.74, 6) is -0.635. The number of carbonyl (C=O) groups excluding carboxylic acids is 1. The van der Waals surface area contributed by atoms with E-state index in [1.165, 1.54) is 6.92 Å². The topological polar surface area (TPSA) is 76.0 Å². The maximum Gasteiger partial charge on any atom is 1.00 e. The molecule has 1 unspecified atom stereocenters. The number of amides is 1. The maximum atomic E-state index is 10.5. The molecule has 0 saturated carbocycles. The molecule has 0 fully saturated rings. The van der Waals surface area contributed by atoms with Gasteiger partial charge in [0.15, 0.2) is 0 Å². The van der Waals surface area contributed by atoms with Crippen LogP contribution in [0.4, 0.5) is 0 Å². The molecule has 0 spiro atoms. The predicted octanol–water partition coefficient (Wildman–Crippen LogP) is -2.69. The molecule has 1 amide bonds. The standard InChI is InChI=1S/C4H5NO4S.K/c1-3-2-4(6)5-10(7,8)9-3;/h2H,1H3,(H,5,6,7,8);/q;+1. The molecule has 0 aromatic rings. The van der Waals surface area contributed by atoms with E-state index in [4.69, 9.17) is 4.55 Å². The Kier molecular flexibility index (Phi) is 4.41. The average molecular weight is 202 g/mol. The van der Waals surface area contributed by atoms with Crippen molar-refractivity contribution in [2.75, 3.05) is 0 Å². The Hall–Kier alpha value is 0.756. The fourth-order valence-corrected chi connectivity index (χ4v) is 1.24. The van der Waals surface area contributed by atoms with Gasteiger partial charge >= 0.3 is 61.7 Å². The molecule has 1 atom stereocenters. The van der Waals surface area contributed by atoms with Gasteiger partial charge < -0.3 is 4.18 Å². The minimum absolute atomic E-state index is 0. The van der Waals surface area contributed by atoms with Crippen LogP contribution < -0.4 is 51.4 Å². The Bertz CT molecular complexity index is 314. The number of nitrogens with zero attached hydrogens (tertiary/aromatic N) is 1. The van der Waals surface area contributed by atoms with Gasteiger partial charge in [0.25, 0.3) is 5.91 Å². The summed E-state index contributed by atoms with van der Waals surface area (Å²) in [7, 11) is -3.72. The first kappa shape index (κ1) is 11.8. The van der Waals surface area contributed by atoms with Crippen LogP contribution in [0.15, 0.2) is 16.2 Å². The zero-order valence-electron chi connectivity index (χ0n) is 6.10. The van der Waals surface area contributed by atoms with Gasteiger partial charge in [-0.25, -0.2) is 0 Å². The molecule has 0 saturated heterocycles. The van der Waals surface area contributed by atoms with Crippen molar-refractivity contribution in [2.45, 2.75) is 6.92 Å². The van der Waals surface area contributed by atoms with Crippen LogP contribution in [0.1, 0.15) is 6.92 Å². The normalized spacial score (nSPS) is 29.3. The van der Waals surface area contributed by atoms with Crippen LogP contribution in [0.2, 0.25) is 0 Å². The Morgan fingerprint density at radius 3 is 2.64 bits per heavy atom. The summed E-state index contributed by atoms with van der Waals surface area (Å²) >= 11 is 0. The summed E-state index contributed by atoms with van der Waals surface area (Å²) < 4.78 is 26.2. The molecular weight excluding hydrogens is 197 g/mol. The second-order valence-electron chi connectivity index (χ2n) is 1.72. The Labute approximate surface area is 107 Å². The fourth-order valence-electron chi connectivity index (χ4n) is 0.528. The molecule has 56 valence electrons. The van der Waals surface area contributed by atoms with E-state index in [9.17, 15) is 9.00 Å². The molecule has 1 aliphatic rings. The van der Waals surface area contributed by atoms with Gasteiger partial charge in [0.1, 0.15) is 5.76 Å². The van der Waals surface area contributed by atoms with Gasteiger partial charge in [-0.05, 0) is 6.92 Å². The van der Waals surface area contributed by atoms with Gasteiger partial charge in [0, 0.05) is 6.08 Å². The predicted molar refractivity (Wildman–Crippen MR) is 33.0 cm³/mol. The SMILES string of the molecule is CC1=CC(=O)N=S(=O)(O)O1.[K+]. The van der Waals surface area contributed by atoms with Crippen molar-refractivity contribution >= 4 is 16.2 Å². The second-order valence-corrected chi connectivity index (χ2v) is 2.96. The van der Waals surface area contributed by atoms with Crippen molar-refractivity contribution in [1.82, 2.24) is 0 Å². The molecule has 0 radical (unpaired) electrons. The van der Waals surface area contributed by atoms with E-state index < -0.39 is 16.2 Å². The first-order valence-electron chi connectivity index (χ1n) is 2.41. The van der Waals surface area contributed by atoms with Gasteiger partial charge in [-0.3, -0.25) is 9.35 Å².